The van der Waals surface area contributed by atoms with Crippen LogP contribution in [0.5, 0.6) is 0 Å². The van der Waals surface area contributed by atoms with E-state index in [9.17, 15) is 9.18 Å². The van der Waals surface area contributed by atoms with Crippen LogP contribution in [0.25, 0.3) is 22.3 Å². The Morgan fingerprint density at radius 1 is 1.40 bits per heavy atom. The minimum atomic E-state index is -0.488. The van der Waals surface area contributed by atoms with Gasteiger partial charge in [-0.3, -0.25) is 4.79 Å². The number of nitrogens with zero attached hydrogens (tertiary/aromatic N) is 3. The first-order chi connectivity index (χ1) is 11.8. The summed E-state index contributed by atoms with van der Waals surface area (Å²) in [4.78, 5) is 19.9. The van der Waals surface area contributed by atoms with Gasteiger partial charge in [-0.05, 0) is 41.1 Å². The number of anilines is 2. The van der Waals surface area contributed by atoms with Gasteiger partial charge in [-0.2, -0.15) is 0 Å². The van der Waals surface area contributed by atoms with Crippen molar-refractivity contribution in [2.45, 2.75) is 6.92 Å². The lowest BCUT2D eigenvalue weighted by atomic mass is 10.1. The number of nitrogens with one attached hydrogen (secondary N) is 1. The Balaban J connectivity index is 2.12. The summed E-state index contributed by atoms with van der Waals surface area (Å²) in [7, 11) is 1.77. The summed E-state index contributed by atoms with van der Waals surface area (Å²) in [5, 5.41) is 3.21. The minimum Gasteiger partial charge on any atom is -0.383 e. The van der Waals surface area contributed by atoms with E-state index < -0.39 is 5.82 Å². The number of hydrogen-bond donors (Lipinski definition) is 2. The number of hydrogen-bond acceptors (Lipinski definition) is 4. The molecule has 25 heavy (non-hydrogen) atoms. The Labute approximate surface area is 151 Å². The van der Waals surface area contributed by atoms with Crippen LogP contribution in [0, 0.1) is 5.82 Å². The van der Waals surface area contributed by atoms with Crippen molar-refractivity contribution in [3.63, 3.8) is 0 Å². The summed E-state index contributed by atoms with van der Waals surface area (Å²) in [6.07, 6.45) is 1.36. The molecule has 0 spiro atoms. The molecule has 0 unspecified atom stereocenters. The van der Waals surface area contributed by atoms with Crippen LogP contribution in [0.3, 0.4) is 0 Å². The lowest BCUT2D eigenvalue weighted by Crippen LogP contribution is -2.12. The number of benzene rings is 1. The molecule has 3 N–H and O–H groups in total. The van der Waals surface area contributed by atoms with Crippen molar-refractivity contribution < 1.29 is 9.18 Å². The molecule has 128 valence electrons. The quantitative estimate of drug-likeness (QED) is 0.653. The van der Waals surface area contributed by atoms with E-state index in [4.69, 9.17) is 5.73 Å². The number of carbonyl (C=O) groups excluding carboxylic acids is 1. The zero-order valence-electron chi connectivity index (χ0n) is 13.6. The Morgan fingerprint density at radius 3 is 2.72 bits per heavy atom. The highest BCUT2D eigenvalue weighted by Gasteiger charge is 2.21. The third-order valence-corrected chi connectivity index (χ3v) is 4.58. The molecular weight excluding hydrogens is 389 g/mol. The Morgan fingerprint density at radius 2 is 2.12 bits per heavy atom. The first-order valence-corrected chi connectivity index (χ1v) is 8.11. The molecule has 0 aliphatic heterocycles. The number of carbonyl (C=O) groups is 1. The van der Waals surface area contributed by atoms with E-state index in [1.807, 2.05) is 0 Å². The van der Waals surface area contributed by atoms with E-state index in [0.717, 1.165) is 0 Å². The third-order valence-electron chi connectivity index (χ3n) is 3.81. The molecule has 8 heteroatoms. The van der Waals surface area contributed by atoms with E-state index in [1.54, 1.807) is 30.7 Å². The molecule has 2 heterocycles. The van der Waals surface area contributed by atoms with E-state index in [-0.39, 0.29) is 5.91 Å². The van der Waals surface area contributed by atoms with E-state index >= 15 is 0 Å². The van der Waals surface area contributed by atoms with Gasteiger partial charge in [0.15, 0.2) is 0 Å². The average Bonchev–Trinajstić information content (AvgIpc) is 2.80. The molecule has 6 nitrogen and oxygen atoms in total. The zero-order chi connectivity index (χ0) is 18.3. The van der Waals surface area contributed by atoms with Crippen molar-refractivity contribution in [3.8, 4) is 11.3 Å². The van der Waals surface area contributed by atoms with Crippen LogP contribution in [0.4, 0.5) is 15.9 Å². The molecule has 0 saturated heterocycles. The fraction of sp³-hybridized carbons (Fsp3) is 0.118. The molecule has 1 aromatic carbocycles. The first-order valence-electron chi connectivity index (χ1n) is 7.32. The van der Waals surface area contributed by atoms with Crippen molar-refractivity contribution in [1.82, 2.24) is 14.5 Å². The lowest BCUT2D eigenvalue weighted by Gasteiger charge is -2.09. The molecule has 2 aromatic heterocycles. The smallest absolute Gasteiger partial charge is 0.250 e. The molecule has 0 aliphatic carbocycles. The fourth-order valence-electron chi connectivity index (χ4n) is 2.55. The number of aromatic nitrogens is 3. The number of nitrogen functional groups attached to an aromatic ring is 1. The van der Waals surface area contributed by atoms with Gasteiger partial charge in [0.2, 0.25) is 0 Å². The SMILES string of the molecule is C=C(C)C(=O)Nc1ccc(-c2c(Br)c3c(N)ncnc3n2C)c(F)c1. The first kappa shape index (κ1) is 17.1. The van der Waals surface area contributed by atoms with Gasteiger partial charge < -0.3 is 15.6 Å². The normalized spacial score (nSPS) is 10.9. The molecule has 0 aliphatic rings. The van der Waals surface area contributed by atoms with Crippen molar-refractivity contribution >= 4 is 44.4 Å². The van der Waals surface area contributed by atoms with E-state index in [1.165, 1.54) is 12.4 Å². The maximum Gasteiger partial charge on any atom is 0.250 e. The summed E-state index contributed by atoms with van der Waals surface area (Å²) in [6.45, 7) is 5.14. The van der Waals surface area contributed by atoms with Crippen LogP contribution in [-0.2, 0) is 11.8 Å². The third kappa shape index (κ3) is 2.89. The molecule has 1 amide bonds. The maximum atomic E-state index is 14.7. The topological polar surface area (TPSA) is 85.8 Å². The summed E-state index contributed by atoms with van der Waals surface area (Å²) in [5.41, 5.74) is 8.13. The minimum absolute atomic E-state index is 0.310. The standard InChI is InChI=1S/C17H15BrFN5O/c1-8(2)17(25)23-9-4-5-10(11(19)6-9)14-13(18)12-15(20)21-7-22-16(12)24(14)3/h4-7H,1H2,2-3H3,(H,23,25)(H2,20,21,22). The van der Waals surface area contributed by atoms with Crippen LogP contribution >= 0.6 is 15.9 Å². The average molecular weight is 404 g/mol. The molecular formula is C17H15BrFN5O. The largest absolute Gasteiger partial charge is 0.383 e. The van der Waals surface area contributed by atoms with Gasteiger partial charge in [-0.15, -0.1) is 0 Å². The van der Waals surface area contributed by atoms with Gasteiger partial charge in [0.25, 0.3) is 5.91 Å². The number of halogens is 2. The summed E-state index contributed by atoms with van der Waals surface area (Å²) >= 11 is 3.47. The Bertz CT molecular complexity index is 1030. The predicted molar refractivity (Wildman–Crippen MR) is 99.5 cm³/mol. The number of fused-ring (bicyclic) bond motifs is 1. The van der Waals surface area contributed by atoms with Crippen molar-refractivity contribution in [2.75, 3.05) is 11.1 Å². The van der Waals surface area contributed by atoms with Crippen molar-refractivity contribution in [3.05, 3.63) is 47.0 Å². The second kappa shape index (κ2) is 6.29. The van der Waals surface area contributed by atoms with Crippen LogP contribution in [0.1, 0.15) is 6.92 Å². The van der Waals surface area contributed by atoms with Gasteiger partial charge in [-0.25, -0.2) is 14.4 Å². The van der Waals surface area contributed by atoms with Crippen LogP contribution < -0.4 is 11.1 Å². The predicted octanol–water partition coefficient (Wildman–Crippen LogP) is 3.63. The van der Waals surface area contributed by atoms with E-state index in [0.29, 0.717) is 43.8 Å². The van der Waals surface area contributed by atoms with Crippen LogP contribution in [0.2, 0.25) is 0 Å². The Kier molecular flexibility index (Phi) is 4.30. The molecule has 3 rings (SSSR count). The fourth-order valence-corrected chi connectivity index (χ4v) is 3.41. The Hall–Kier alpha value is -2.74. The highest BCUT2D eigenvalue weighted by molar-refractivity contribution is 9.10. The highest BCUT2D eigenvalue weighted by atomic mass is 79.9. The summed E-state index contributed by atoms with van der Waals surface area (Å²) in [6, 6.07) is 4.47. The molecule has 3 aromatic rings. The highest BCUT2D eigenvalue weighted by Crippen LogP contribution is 2.39. The monoisotopic (exact) mass is 403 g/mol. The second-order valence-electron chi connectivity index (χ2n) is 5.61. The van der Waals surface area contributed by atoms with Crippen molar-refractivity contribution in [2.24, 2.45) is 7.05 Å². The van der Waals surface area contributed by atoms with Gasteiger partial charge in [0.05, 0.1) is 15.6 Å². The molecule has 0 bridgehead atoms. The number of aryl methyl sites for hydroxylation is 1. The second-order valence-corrected chi connectivity index (χ2v) is 6.40. The van der Waals surface area contributed by atoms with Gasteiger partial charge in [0.1, 0.15) is 23.6 Å². The summed E-state index contributed by atoms with van der Waals surface area (Å²) < 4.78 is 17.1. The maximum absolute atomic E-state index is 14.7. The van der Waals surface area contributed by atoms with Gasteiger partial charge in [-0.1, -0.05) is 6.58 Å². The van der Waals surface area contributed by atoms with Crippen LogP contribution in [-0.4, -0.2) is 20.4 Å². The number of amides is 1. The molecule has 0 radical (unpaired) electrons. The molecule has 0 fully saturated rings. The van der Waals surface area contributed by atoms with E-state index in [2.05, 4.69) is 37.8 Å². The molecule has 0 saturated carbocycles. The lowest BCUT2D eigenvalue weighted by molar-refractivity contribution is -0.112. The number of nitrogens with two attached hydrogens (primary N) is 1. The van der Waals surface area contributed by atoms with Crippen LogP contribution in [0.15, 0.2) is 41.2 Å². The van der Waals surface area contributed by atoms with Gasteiger partial charge in [0, 0.05) is 23.9 Å². The zero-order valence-corrected chi connectivity index (χ0v) is 15.2. The molecule has 0 atom stereocenters. The summed E-state index contributed by atoms with van der Waals surface area (Å²) in [5.74, 6) is -0.539. The van der Waals surface area contributed by atoms with Crippen molar-refractivity contribution in [1.29, 1.82) is 0 Å². The number of rotatable bonds is 3. The van der Waals surface area contributed by atoms with Gasteiger partial charge >= 0.3 is 0 Å².